The van der Waals surface area contributed by atoms with E-state index in [9.17, 15) is 13.6 Å². The van der Waals surface area contributed by atoms with Crippen LogP contribution in [0, 0.1) is 11.6 Å². The number of aryl methyl sites for hydroxylation is 2. The van der Waals surface area contributed by atoms with Crippen molar-refractivity contribution in [3.05, 3.63) is 99.6 Å². The van der Waals surface area contributed by atoms with Gasteiger partial charge >= 0.3 is 0 Å². The standard InChI is InChI=1S/C28H26F2O4/c1-28(2)33-16-23(34-28)15-32-22-8-10-25-19(13-22)5-4-18-11-17(3-9-24(18)27(25)31)12-20-6-7-21(29)14-26(20)30/h3,6-11,13-14,23H,4-5,12,15-16H2,1-2H3. The van der Waals surface area contributed by atoms with E-state index in [2.05, 4.69) is 0 Å². The van der Waals surface area contributed by atoms with Gasteiger partial charge in [0.15, 0.2) is 11.6 Å². The van der Waals surface area contributed by atoms with Gasteiger partial charge in [-0.15, -0.1) is 0 Å². The number of benzene rings is 3. The number of carbonyl (C=O) groups excluding carboxylic acids is 1. The number of hydrogen-bond acceptors (Lipinski definition) is 4. The molecule has 0 saturated carbocycles. The zero-order valence-corrected chi connectivity index (χ0v) is 19.2. The third kappa shape index (κ3) is 4.74. The van der Waals surface area contributed by atoms with Crippen LogP contribution in [0.5, 0.6) is 5.75 Å². The van der Waals surface area contributed by atoms with Crippen molar-refractivity contribution in [1.82, 2.24) is 0 Å². The molecule has 0 aromatic heterocycles. The van der Waals surface area contributed by atoms with E-state index in [4.69, 9.17) is 14.2 Å². The van der Waals surface area contributed by atoms with Gasteiger partial charge in [0.05, 0.1) is 6.61 Å². The Kier molecular flexibility index (Phi) is 5.96. The summed E-state index contributed by atoms with van der Waals surface area (Å²) < 4.78 is 44.6. The van der Waals surface area contributed by atoms with Crippen molar-refractivity contribution >= 4 is 5.78 Å². The average molecular weight is 465 g/mol. The van der Waals surface area contributed by atoms with E-state index in [0.29, 0.717) is 54.9 Å². The van der Waals surface area contributed by atoms with Gasteiger partial charge in [-0.3, -0.25) is 4.79 Å². The molecule has 1 saturated heterocycles. The van der Waals surface area contributed by atoms with Gasteiger partial charge in [0, 0.05) is 23.6 Å². The average Bonchev–Trinajstić information content (AvgIpc) is 3.09. The van der Waals surface area contributed by atoms with Gasteiger partial charge in [0.2, 0.25) is 0 Å². The number of fused-ring (bicyclic) bond motifs is 2. The van der Waals surface area contributed by atoms with Gasteiger partial charge in [-0.25, -0.2) is 8.78 Å². The predicted octanol–water partition coefficient (Wildman–Crippen LogP) is 5.42. The summed E-state index contributed by atoms with van der Waals surface area (Å²) in [5.74, 6) is -1.09. The highest BCUT2D eigenvalue weighted by atomic mass is 19.1. The van der Waals surface area contributed by atoms with E-state index >= 15 is 0 Å². The van der Waals surface area contributed by atoms with Crippen LogP contribution in [-0.2, 0) is 28.7 Å². The monoisotopic (exact) mass is 464 g/mol. The molecular formula is C28H26F2O4. The third-order valence-electron chi connectivity index (χ3n) is 6.31. The van der Waals surface area contributed by atoms with Crippen LogP contribution in [-0.4, -0.2) is 30.9 Å². The van der Waals surface area contributed by atoms with Crippen molar-refractivity contribution in [2.75, 3.05) is 13.2 Å². The number of carbonyl (C=O) groups is 1. The molecular weight excluding hydrogens is 438 g/mol. The molecule has 6 heteroatoms. The van der Waals surface area contributed by atoms with Crippen molar-refractivity contribution in [2.45, 2.75) is 45.0 Å². The fraction of sp³-hybridized carbons (Fsp3) is 0.321. The van der Waals surface area contributed by atoms with Crippen molar-refractivity contribution in [1.29, 1.82) is 0 Å². The molecule has 0 radical (unpaired) electrons. The fourth-order valence-electron chi connectivity index (χ4n) is 4.61. The smallest absolute Gasteiger partial charge is 0.193 e. The van der Waals surface area contributed by atoms with Crippen molar-refractivity contribution < 1.29 is 27.8 Å². The maximum absolute atomic E-state index is 14.1. The van der Waals surface area contributed by atoms with Gasteiger partial charge in [0.25, 0.3) is 0 Å². The number of hydrogen-bond donors (Lipinski definition) is 0. The van der Waals surface area contributed by atoms with Crippen LogP contribution < -0.4 is 4.74 Å². The van der Waals surface area contributed by atoms with Crippen LogP contribution in [0.25, 0.3) is 0 Å². The first-order valence-electron chi connectivity index (χ1n) is 11.5. The first-order valence-corrected chi connectivity index (χ1v) is 11.5. The van der Waals surface area contributed by atoms with Crippen molar-refractivity contribution in [3.63, 3.8) is 0 Å². The molecule has 1 unspecified atom stereocenters. The summed E-state index contributed by atoms with van der Waals surface area (Å²) >= 11 is 0. The Labute approximate surface area is 197 Å². The highest BCUT2D eigenvalue weighted by Gasteiger charge is 2.33. The summed E-state index contributed by atoms with van der Waals surface area (Å²) in [6, 6.07) is 14.8. The van der Waals surface area contributed by atoms with Crippen LogP contribution >= 0.6 is 0 Å². The van der Waals surface area contributed by atoms with Crippen molar-refractivity contribution in [3.8, 4) is 5.75 Å². The molecule has 1 aliphatic heterocycles. The largest absolute Gasteiger partial charge is 0.491 e. The Morgan fingerprint density at radius 3 is 2.41 bits per heavy atom. The zero-order chi connectivity index (χ0) is 23.9. The predicted molar refractivity (Wildman–Crippen MR) is 123 cm³/mol. The van der Waals surface area contributed by atoms with E-state index < -0.39 is 17.4 Å². The topological polar surface area (TPSA) is 44.8 Å². The molecule has 176 valence electrons. The van der Waals surface area contributed by atoms with Crippen LogP contribution in [0.15, 0.2) is 54.6 Å². The molecule has 0 amide bonds. The molecule has 0 N–H and O–H groups in total. The summed E-state index contributed by atoms with van der Waals surface area (Å²) in [5.41, 5.74) is 4.51. The summed E-state index contributed by atoms with van der Waals surface area (Å²) in [6.07, 6.45) is 1.58. The van der Waals surface area contributed by atoms with Gasteiger partial charge in [-0.1, -0.05) is 24.3 Å². The fourth-order valence-corrected chi connectivity index (χ4v) is 4.61. The molecule has 34 heavy (non-hydrogen) atoms. The molecule has 1 fully saturated rings. The SMILES string of the molecule is CC1(C)OCC(COc2ccc3c(c2)CCc2cc(Cc4ccc(F)cc4F)ccc2C3=O)O1. The van der Waals surface area contributed by atoms with Gasteiger partial charge < -0.3 is 14.2 Å². The molecule has 3 aromatic rings. The quantitative estimate of drug-likeness (QED) is 0.506. The molecule has 1 heterocycles. The Morgan fingerprint density at radius 2 is 1.71 bits per heavy atom. The maximum Gasteiger partial charge on any atom is 0.193 e. The van der Waals surface area contributed by atoms with E-state index in [0.717, 1.165) is 22.8 Å². The lowest BCUT2D eigenvalue weighted by Crippen LogP contribution is -2.25. The lowest BCUT2D eigenvalue weighted by atomic mass is 9.95. The maximum atomic E-state index is 14.1. The molecule has 0 bridgehead atoms. The Bertz CT molecular complexity index is 1250. The highest BCUT2D eigenvalue weighted by Crippen LogP contribution is 2.29. The molecule has 1 atom stereocenters. The van der Waals surface area contributed by atoms with Crippen molar-refractivity contribution in [2.24, 2.45) is 0 Å². The Hall–Kier alpha value is -3.09. The Balaban J connectivity index is 1.32. The molecule has 0 spiro atoms. The van der Waals surface area contributed by atoms with Gasteiger partial charge in [-0.2, -0.15) is 0 Å². The minimum absolute atomic E-state index is 0.0251. The van der Waals surface area contributed by atoms with Crippen LogP contribution in [0.1, 0.15) is 52.0 Å². The minimum Gasteiger partial charge on any atom is -0.491 e. The lowest BCUT2D eigenvalue weighted by molar-refractivity contribution is -0.141. The second kappa shape index (κ2) is 8.93. The zero-order valence-electron chi connectivity index (χ0n) is 19.2. The van der Waals surface area contributed by atoms with E-state index in [1.165, 1.54) is 12.1 Å². The first-order chi connectivity index (χ1) is 16.3. The van der Waals surface area contributed by atoms with E-state index in [1.807, 2.05) is 50.2 Å². The normalized spacial score (nSPS) is 18.8. The molecule has 4 nitrogen and oxygen atoms in total. The first kappa shape index (κ1) is 22.7. The number of rotatable bonds is 5. The van der Waals surface area contributed by atoms with Gasteiger partial charge in [0.1, 0.15) is 30.1 Å². The van der Waals surface area contributed by atoms with Crippen LogP contribution in [0.2, 0.25) is 0 Å². The number of ketones is 1. The summed E-state index contributed by atoms with van der Waals surface area (Å²) in [7, 11) is 0. The minimum atomic E-state index is -0.596. The van der Waals surface area contributed by atoms with Crippen LogP contribution in [0.3, 0.4) is 0 Å². The highest BCUT2D eigenvalue weighted by molar-refractivity contribution is 6.11. The second-order valence-corrected chi connectivity index (χ2v) is 9.31. The number of ether oxygens (including phenoxy) is 3. The summed E-state index contributed by atoms with van der Waals surface area (Å²) in [5, 5.41) is 0. The molecule has 3 aromatic carbocycles. The summed E-state index contributed by atoms with van der Waals surface area (Å²) in [4.78, 5) is 13.3. The number of halogens is 2. The van der Waals surface area contributed by atoms with Gasteiger partial charge in [-0.05, 0) is 73.2 Å². The van der Waals surface area contributed by atoms with E-state index in [1.54, 1.807) is 0 Å². The molecule has 2 aliphatic rings. The van der Waals surface area contributed by atoms with E-state index in [-0.39, 0.29) is 11.9 Å². The second-order valence-electron chi connectivity index (χ2n) is 9.31. The lowest BCUT2D eigenvalue weighted by Gasteiger charge is -2.17. The Morgan fingerprint density at radius 1 is 0.971 bits per heavy atom. The third-order valence-corrected chi connectivity index (χ3v) is 6.31. The molecule has 1 aliphatic carbocycles. The molecule has 5 rings (SSSR count). The summed E-state index contributed by atoms with van der Waals surface area (Å²) in [6.45, 7) is 4.61. The van der Waals surface area contributed by atoms with Crippen LogP contribution in [0.4, 0.5) is 8.78 Å².